The molecule has 0 heterocycles. The molecular formula is C33H29ClLiNO4S. The van der Waals surface area contributed by atoms with Crippen molar-refractivity contribution in [3.63, 3.8) is 0 Å². The van der Waals surface area contributed by atoms with E-state index in [-0.39, 0.29) is 18.9 Å². The molecule has 0 spiro atoms. The first-order chi connectivity index (χ1) is 19.3. The molecule has 8 heteroatoms. The van der Waals surface area contributed by atoms with E-state index in [9.17, 15) is 14.7 Å². The van der Waals surface area contributed by atoms with E-state index in [4.69, 9.17) is 16.3 Å². The Morgan fingerprint density at radius 3 is 2.15 bits per heavy atom. The van der Waals surface area contributed by atoms with Crippen LogP contribution in [-0.2, 0) is 4.79 Å². The minimum Gasteiger partial charge on any atom is -0.548 e. The number of hydrogen-bond donors (Lipinski definition) is 1. The largest absolute Gasteiger partial charge is 1.00 e. The van der Waals surface area contributed by atoms with E-state index in [1.54, 1.807) is 18.2 Å². The predicted octanol–water partition coefficient (Wildman–Crippen LogP) is 3.88. The van der Waals surface area contributed by atoms with Crippen molar-refractivity contribution in [1.82, 2.24) is 5.32 Å². The molecule has 1 atom stereocenters. The molecule has 0 aliphatic carbocycles. The van der Waals surface area contributed by atoms with Gasteiger partial charge in [-0.15, -0.1) is 0 Å². The Morgan fingerprint density at radius 2 is 1.51 bits per heavy atom. The van der Waals surface area contributed by atoms with Crippen LogP contribution in [0.15, 0.2) is 91.0 Å². The molecular weight excluding hydrogens is 549 g/mol. The fourth-order valence-corrected chi connectivity index (χ4v) is 4.76. The van der Waals surface area contributed by atoms with Crippen LogP contribution in [0, 0.1) is 6.92 Å². The minimum atomic E-state index is -1.29. The quantitative estimate of drug-likeness (QED) is 0.216. The number of hydrogen-bond acceptors (Lipinski definition) is 5. The van der Waals surface area contributed by atoms with Gasteiger partial charge in [-0.2, -0.15) is 11.8 Å². The van der Waals surface area contributed by atoms with E-state index in [2.05, 4.69) is 5.32 Å². The Bertz CT molecular complexity index is 1510. The zero-order valence-corrected chi connectivity index (χ0v) is 24.8. The minimum absolute atomic E-state index is 0. The zero-order valence-electron chi connectivity index (χ0n) is 23.2. The first-order valence-corrected chi connectivity index (χ1v) is 14.5. The first-order valence-electron chi connectivity index (χ1n) is 12.8. The van der Waals surface area contributed by atoms with Gasteiger partial charge in [0.15, 0.2) is 0 Å². The van der Waals surface area contributed by atoms with Gasteiger partial charge in [-0.1, -0.05) is 66.2 Å². The van der Waals surface area contributed by atoms with Crippen molar-refractivity contribution in [2.24, 2.45) is 0 Å². The van der Waals surface area contributed by atoms with Crippen LogP contribution in [0.1, 0.15) is 33.5 Å². The fraction of sp³-hybridized carbons (Fsp3) is 0.152. The second-order valence-corrected chi connectivity index (χ2v) is 10.6. The first kappa shape index (κ1) is 32.1. The molecule has 0 aliphatic rings. The number of rotatable bonds is 11. The molecule has 0 aliphatic heterocycles. The molecule has 0 saturated carbocycles. The second-order valence-electron chi connectivity index (χ2n) is 9.20. The van der Waals surface area contributed by atoms with Crippen LogP contribution in [0.25, 0.3) is 23.3 Å². The number of amides is 1. The molecule has 1 unspecified atom stereocenters. The summed E-state index contributed by atoms with van der Waals surface area (Å²) < 4.78 is 5.86. The van der Waals surface area contributed by atoms with Gasteiger partial charge in [0.05, 0.1) is 12.0 Å². The summed E-state index contributed by atoms with van der Waals surface area (Å²) in [5.41, 5.74) is 4.92. The van der Waals surface area contributed by atoms with E-state index in [0.717, 1.165) is 27.8 Å². The summed E-state index contributed by atoms with van der Waals surface area (Å²) in [6, 6.07) is 27.2. The Kier molecular flexibility index (Phi) is 12.2. The summed E-state index contributed by atoms with van der Waals surface area (Å²) in [7, 11) is 0. The van der Waals surface area contributed by atoms with Crippen LogP contribution in [-0.4, -0.2) is 29.9 Å². The summed E-state index contributed by atoms with van der Waals surface area (Å²) in [4.78, 5) is 24.9. The Hall–Kier alpha value is -3.40. The van der Waals surface area contributed by atoms with Gasteiger partial charge in [0.2, 0.25) is 0 Å². The van der Waals surface area contributed by atoms with Gasteiger partial charge in [0, 0.05) is 10.6 Å². The van der Waals surface area contributed by atoms with Crippen molar-refractivity contribution in [2.75, 3.05) is 12.0 Å². The van der Waals surface area contributed by atoms with Crippen LogP contribution in [0.2, 0.25) is 5.02 Å². The van der Waals surface area contributed by atoms with E-state index in [0.29, 0.717) is 34.3 Å². The summed E-state index contributed by atoms with van der Waals surface area (Å²) in [5, 5.41) is 14.9. The van der Waals surface area contributed by atoms with Gasteiger partial charge < -0.3 is 20.0 Å². The van der Waals surface area contributed by atoms with Gasteiger partial charge in [0.25, 0.3) is 5.91 Å². The number of ether oxygens (including phenoxy) is 1. The van der Waals surface area contributed by atoms with Gasteiger partial charge in [-0.05, 0) is 102 Å². The number of aliphatic carboxylic acids is 1. The number of nitrogens with one attached hydrogen (secondary N) is 1. The summed E-state index contributed by atoms with van der Waals surface area (Å²) >= 11 is 7.46. The molecule has 0 fully saturated rings. The monoisotopic (exact) mass is 577 g/mol. The van der Waals surface area contributed by atoms with Crippen LogP contribution in [0.4, 0.5) is 0 Å². The standard InChI is InChI=1S/C33H30ClNO4S.Li/c1-22-5-3-4-6-28(22)30-21-24(11-18-29(30)32(36)35-31(33(37)38)19-20-40-2)8-7-23-9-14-26(15-10-23)39-27-16-12-25(34)13-17-27;/h3-18,21,31H,19-20H2,1-2H3,(H,35,36)(H,37,38);/q;+1/p-1/b8-7+;. The Morgan fingerprint density at radius 1 is 0.902 bits per heavy atom. The number of halogens is 1. The van der Waals surface area contributed by atoms with E-state index < -0.39 is 17.9 Å². The third kappa shape index (κ3) is 9.04. The van der Waals surface area contributed by atoms with Gasteiger partial charge >= 0.3 is 18.9 Å². The zero-order chi connectivity index (χ0) is 28.5. The third-order valence-electron chi connectivity index (χ3n) is 6.32. The third-order valence-corrected chi connectivity index (χ3v) is 7.22. The van der Waals surface area contributed by atoms with Gasteiger partial charge in [-0.3, -0.25) is 4.79 Å². The van der Waals surface area contributed by atoms with Crippen LogP contribution < -0.4 is 34.0 Å². The molecule has 0 radical (unpaired) electrons. The number of carboxylic acid groups (broad SMARTS) is 1. The Balaban J connectivity index is 0.00000462. The average Bonchev–Trinajstić information content (AvgIpc) is 2.96. The summed E-state index contributed by atoms with van der Waals surface area (Å²) in [6.07, 6.45) is 6.14. The molecule has 0 bridgehead atoms. The van der Waals surface area contributed by atoms with Crippen molar-refractivity contribution < 1.29 is 38.3 Å². The number of carbonyl (C=O) groups excluding carboxylic acids is 2. The van der Waals surface area contributed by atoms with Crippen LogP contribution >= 0.6 is 23.4 Å². The summed E-state index contributed by atoms with van der Waals surface area (Å²) in [5.74, 6) is 0.283. The van der Waals surface area contributed by atoms with E-state index >= 15 is 0 Å². The van der Waals surface area contributed by atoms with Crippen molar-refractivity contribution in [3.05, 3.63) is 118 Å². The normalized spacial score (nSPS) is 11.5. The van der Waals surface area contributed by atoms with Crippen LogP contribution in [0.5, 0.6) is 11.5 Å². The van der Waals surface area contributed by atoms with Gasteiger partial charge in [0.1, 0.15) is 11.5 Å². The van der Waals surface area contributed by atoms with E-state index in [1.807, 2.05) is 98.1 Å². The molecule has 0 saturated heterocycles. The number of thioether (sulfide) groups is 1. The molecule has 4 aromatic carbocycles. The van der Waals surface area contributed by atoms with Crippen molar-refractivity contribution in [1.29, 1.82) is 0 Å². The van der Waals surface area contributed by atoms with Crippen molar-refractivity contribution in [2.45, 2.75) is 19.4 Å². The molecule has 4 aromatic rings. The number of carboxylic acids is 1. The molecule has 1 amide bonds. The maximum absolute atomic E-state index is 13.3. The SMILES string of the molecule is CSCCC(NC(=O)c1ccc(/C=C/c2ccc(Oc3ccc(Cl)cc3)cc2)cc1-c1ccccc1C)C(=O)[O-].[Li+]. The van der Waals surface area contributed by atoms with Gasteiger partial charge in [-0.25, -0.2) is 0 Å². The number of aryl methyl sites for hydroxylation is 1. The van der Waals surface area contributed by atoms with Crippen molar-refractivity contribution in [3.8, 4) is 22.6 Å². The molecule has 41 heavy (non-hydrogen) atoms. The number of carbonyl (C=O) groups is 2. The summed E-state index contributed by atoms with van der Waals surface area (Å²) in [6.45, 7) is 1.98. The van der Waals surface area contributed by atoms with Crippen molar-refractivity contribution >= 4 is 47.4 Å². The predicted molar refractivity (Wildman–Crippen MR) is 163 cm³/mol. The maximum Gasteiger partial charge on any atom is 1.00 e. The van der Waals surface area contributed by atoms with Crippen LogP contribution in [0.3, 0.4) is 0 Å². The Labute approximate surface area is 262 Å². The molecule has 5 nitrogen and oxygen atoms in total. The fourth-order valence-electron chi connectivity index (χ4n) is 4.16. The topological polar surface area (TPSA) is 78.5 Å². The molecule has 4 rings (SSSR count). The number of benzene rings is 4. The molecule has 1 N–H and O–H groups in total. The molecule has 0 aromatic heterocycles. The maximum atomic E-state index is 13.3. The smallest absolute Gasteiger partial charge is 0.548 e. The van der Waals surface area contributed by atoms with E-state index in [1.165, 1.54) is 11.8 Å². The molecule has 204 valence electrons. The average molecular weight is 578 g/mol. The second kappa shape index (κ2) is 15.6.